The smallest absolute Gasteiger partial charge is 0.408 e. The van der Waals surface area contributed by atoms with E-state index in [0.29, 0.717) is 0 Å². The Kier molecular flexibility index (Phi) is 7.94. The molecule has 0 aromatic heterocycles. The molecule has 0 radical (unpaired) electrons. The van der Waals surface area contributed by atoms with Crippen molar-refractivity contribution in [3.05, 3.63) is 59.7 Å². The fourth-order valence-corrected chi connectivity index (χ4v) is 4.28. The fourth-order valence-electron chi connectivity index (χ4n) is 4.28. The number of methoxy groups -OCH3 is 1. The predicted molar refractivity (Wildman–Crippen MR) is 128 cm³/mol. The number of benzene rings is 2. The van der Waals surface area contributed by atoms with Crippen LogP contribution in [-0.4, -0.2) is 55.0 Å². The minimum absolute atomic E-state index is 0.109. The quantitative estimate of drug-likeness (QED) is 0.491. The summed E-state index contributed by atoms with van der Waals surface area (Å²) in [6, 6.07) is 15.4. The lowest BCUT2D eigenvalue weighted by Gasteiger charge is -2.31. The van der Waals surface area contributed by atoms with Crippen molar-refractivity contribution in [2.24, 2.45) is 5.92 Å². The molecule has 0 fully saturated rings. The minimum Gasteiger partial charge on any atom is -0.481 e. The molecule has 0 heterocycles. The molecule has 0 saturated carbocycles. The highest BCUT2D eigenvalue weighted by Crippen LogP contribution is 2.44. The van der Waals surface area contributed by atoms with Crippen molar-refractivity contribution in [3.8, 4) is 11.1 Å². The zero-order chi connectivity index (χ0) is 24.9. The Morgan fingerprint density at radius 2 is 1.59 bits per heavy atom. The molecule has 0 bridgehead atoms. The van der Waals surface area contributed by atoms with Gasteiger partial charge in [0, 0.05) is 19.1 Å². The van der Waals surface area contributed by atoms with Gasteiger partial charge in [-0.15, -0.1) is 0 Å². The van der Waals surface area contributed by atoms with E-state index in [1.54, 1.807) is 0 Å². The Bertz CT molecular complexity index is 1010. The van der Waals surface area contributed by atoms with Crippen molar-refractivity contribution in [2.75, 3.05) is 20.3 Å². The normalized spacial score (nSPS) is 15.1. The Morgan fingerprint density at radius 3 is 2.09 bits per heavy atom. The number of fused-ring (bicyclic) bond motifs is 3. The zero-order valence-corrected chi connectivity index (χ0v) is 20.0. The number of nitrogens with one attached hydrogen (secondary N) is 2. The molecule has 8 heteroatoms. The van der Waals surface area contributed by atoms with Crippen LogP contribution in [0.2, 0.25) is 0 Å². The molecular formula is C26H32N2O6. The zero-order valence-electron chi connectivity index (χ0n) is 20.0. The van der Waals surface area contributed by atoms with E-state index >= 15 is 0 Å². The van der Waals surface area contributed by atoms with Crippen LogP contribution in [0.4, 0.5) is 4.79 Å². The van der Waals surface area contributed by atoms with Gasteiger partial charge < -0.3 is 25.2 Å². The molecule has 2 atom stereocenters. The van der Waals surface area contributed by atoms with Crippen LogP contribution in [0, 0.1) is 5.92 Å². The van der Waals surface area contributed by atoms with Crippen LogP contribution >= 0.6 is 0 Å². The lowest BCUT2D eigenvalue weighted by atomic mass is 9.97. The van der Waals surface area contributed by atoms with Crippen LogP contribution in [0.3, 0.4) is 0 Å². The predicted octanol–water partition coefficient (Wildman–Crippen LogP) is 3.55. The van der Waals surface area contributed by atoms with E-state index in [0.717, 1.165) is 22.3 Å². The first-order valence-corrected chi connectivity index (χ1v) is 11.3. The summed E-state index contributed by atoms with van der Waals surface area (Å²) in [7, 11) is 1.42. The standard InChI is InChI=1S/C26H32N2O6/c1-16(2)22(13-23(29)30)27-24(31)26(3,15-33-4)28-25(32)34-14-21-19-11-7-5-9-17(19)18-10-6-8-12-20(18)21/h5-12,16,21-22H,13-15H2,1-4H3,(H,27,31)(H,28,32)(H,29,30)/t22-,26?/m0/s1. The fraction of sp³-hybridized carbons (Fsp3) is 0.423. The van der Waals surface area contributed by atoms with Crippen LogP contribution < -0.4 is 10.6 Å². The third-order valence-electron chi connectivity index (χ3n) is 6.17. The van der Waals surface area contributed by atoms with Gasteiger partial charge in [0.25, 0.3) is 0 Å². The van der Waals surface area contributed by atoms with Crippen LogP contribution in [-0.2, 0) is 19.1 Å². The molecule has 182 valence electrons. The van der Waals surface area contributed by atoms with Gasteiger partial charge in [0.2, 0.25) is 5.91 Å². The third-order valence-corrected chi connectivity index (χ3v) is 6.17. The first kappa shape index (κ1) is 25.2. The average molecular weight is 469 g/mol. The van der Waals surface area contributed by atoms with E-state index in [2.05, 4.69) is 22.8 Å². The van der Waals surface area contributed by atoms with Gasteiger partial charge in [0.1, 0.15) is 12.1 Å². The number of rotatable bonds is 10. The monoisotopic (exact) mass is 468 g/mol. The highest BCUT2D eigenvalue weighted by Gasteiger charge is 2.38. The summed E-state index contributed by atoms with van der Waals surface area (Å²) in [6.45, 7) is 5.16. The number of alkyl carbamates (subject to hydrolysis) is 1. The molecule has 34 heavy (non-hydrogen) atoms. The van der Waals surface area contributed by atoms with Crippen molar-refractivity contribution >= 4 is 18.0 Å². The SMILES string of the molecule is COCC(C)(NC(=O)OCC1c2ccccc2-c2ccccc21)C(=O)N[C@@H](CC(=O)O)C(C)C. The van der Waals surface area contributed by atoms with E-state index in [9.17, 15) is 14.4 Å². The molecule has 1 aliphatic carbocycles. The topological polar surface area (TPSA) is 114 Å². The number of hydrogen-bond donors (Lipinski definition) is 3. The van der Waals surface area contributed by atoms with E-state index < -0.39 is 29.6 Å². The van der Waals surface area contributed by atoms with Gasteiger partial charge >= 0.3 is 12.1 Å². The van der Waals surface area contributed by atoms with Gasteiger partial charge in [-0.1, -0.05) is 62.4 Å². The first-order valence-electron chi connectivity index (χ1n) is 11.3. The molecule has 0 saturated heterocycles. The second kappa shape index (κ2) is 10.7. The summed E-state index contributed by atoms with van der Waals surface area (Å²) in [5.41, 5.74) is 2.97. The third kappa shape index (κ3) is 5.56. The Morgan fingerprint density at radius 1 is 1.03 bits per heavy atom. The van der Waals surface area contributed by atoms with Gasteiger partial charge in [-0.3, -0.25) is 9.59 Å². The van der Waals surface area contributed by atoms with Crippen molar-refractivity contribution in [1.82, 2.24) is 10.6 Å². The number of amides is 2. The highest BCUT2D eigenvalue weighted by atomic mass is 16.5. The van der Waals surface area contributed by atoms with Gasteiger partial charge in [0.05, 0.1) is 13.0 Å². The summed E-state index contributed by atoms with van der Waals surface area (Å²) in [6.07, 6.45) is -0.979. The van der Waals surface area contributed by atoms with Crippen LogP contribution in [0.5, 0.6) is 0 Å². The molecule has 2 aromatic rings. The van der Waals surface area contributed by atoms with Crippen molar-refractivity contribution in [3.63, 3.8) is 0 Å². The van der Waals surface area contributed by atoms with Crippen LogP contribution in [0.15, 0.2) is 48.5 Å². The number of carbonyl (C=O) groups is 3. The summed E-state index contributed by atoms with van der Waals surface area (Å²) in [4.78, 5) is 36.9. The van der Waals surface area contributed by atoms with Crippen molar-refractivity contribution in [2.45, 2.75) is 44.7 Å². The molecule has 8 nitrogen and oxygen atoms in total. The second-order valence-corrected chi connectivity index (χ2v) is 9.14. The summed E-state index contributed by atoms with van der Waals surface area (Å²) < 4.78 is 10.7. The largest absolute Gasteiger partial charge is 0.481 e. The Labute approximate surface area is 199 Å². The van der Waals surface area contributed by atoms with Gasteiger partial charge in [-0.05, 0) is 35.1 Å². The number of aliphatic carboxylic acids is 1. The van der Waals surface area contributed by atoms with Gasteiger partial charge in [-0.2, -0.15) is 0 Å². The molecule has 1 unspecified atom stereocenters. The summed E-state index contributed by atoms with van der Waals surface area (Å²) in [5, 5.41) is 14.5. The summed E-state index contributed by atoms with van der Waals surface area (Å²) >= 11 is 0. The molecule has 0 spiro atoms. The van der Waals surface area contributed by atoms with Crippen LogP contribution in [0.1, 0.15) is 44.2 Å². The number of carboxylic acids is 1. The van der Waals surface area contributed by atoms with E-state index in [4.69, 9.17) is 14.6 Å². The average Bonchev–Trinajstić information content (AvgIpc) is 3.10. The molecule has 1 aliphatic rings. The van der Waals surface area contributed by atoms with Crippen molar-refractivity contribution < 1.29 is 29.0 Å². The number of ether oxygens (including phenoxy) is 2. The Hall–Kier alpha value is -3.39. The number of hydrogen-bond acceptors (Lipinski definition) is 5. The Balaban J connectivity index is 1.69. The maximum Gasteiger partial charge on any atom is 0.408 e. The summed E-state index contributed by atoms with van der Waals surface area (Å²) in [5.74, 6) is -1.78. The number of carboxylic acid groups (broad SMARTS) is 1. The van der Waals surface area contributed by atoms with Gasteiger partial charge in [-0.25, -0.2) is 4.79 Å². The maximum atomic E-state index is 13.0. The molecule has 3 rings (SSSR count). The molecule has 0 aliphatic heterocycles. The van der Waals surface area contributed by atoms with E-state index in [1.165, 1.54) is 14.0 Å². The number of carbonyl (C=O) groups excluding carboxylic acids is 2. The first-order chi connectivity index (χ1) is 16.2. The van der Waals surface area contributed by atoms with E-state index in [1.807, 2.05) is 50.2 Å². The highest BCUT2D eigenvalue weighted by molar-refractivity contribution is 5.90. The van der Waals surface area contributed by atoms with Crippen molar-refractivity contribution in [1.29, 1.82) is 0 Å². The van der Waals surface area contributed by atoms with Gasteiger partial charge in [0.15, 0.2) is 0 Å². The lowest BCUT2D eigenvalue weighted by Crippen LogP contribution is -2.61. The van der Waals surface area contributed by atoms with E-state index in [-0.39, 0.29) is 31.5 Å². The molecule has 2 aromatic carbocycles. The maximum absolute atomic E-state index is 13.0. The van der Waals surface area contributed by atoms with Crippen LogP contribution in [0.25, 0.3) is 11.1 Å². The molecule has 3 N–H and O–H groups in total. The second-order valence-electron chi connectivity index (χ2n) is 9.14. The lowest BCUT2D eigenvalue weighted by molar-refractivity contribution is -0.138. The minimum atomic E-state index is -1.44. The molecule has 2 amide bonds. The molecular weight excluding hydrogens is 436 g/mol.